The topological polar surface area (TPSA) is 49.9 Å². The zero-order valence-electron chi connectivity index (χ0n) is 8.78. The molecule has 2 aromatic rings. The summed E-state index contributed by atoms with van der Waals surface area (Å²) >= 11 is 13.8. The number of hydrogen-bond acceptors (Lipinski definition) is 2. The molecule has 0 bridgehead atoms. The van der Waals surface area contributed by atoms with Gasteiger partial charge >= 0.3 is 5.20 Å². The average Bonchev–Trinajstić information content (AvgIpc) is 2.14. The lowest BCUT2D eigenvalue weighted by atomic mass is 10.1. The zero-order valence-corrected chi connectivity index (χ0v) is 11.9. The van der Waals surface area contributed by atoms with Gasteiger partial charge in [0.15, 0.2) is 5.43 Å². The van der Waals surface area contributed by atoms with Crippen LogP contribution in [-0.4, -0.2) is 4.98 Å². The summed E-state index contributed by atoms with van der Waals surface area (Å²) in [4.78, 5) is 14.3. The molecule has 17 heavy (non-hydrogen) atoms. The first-order valence-electron chi connectivity index (χ1n) is 4.54. The smallest absolute Gasteiger partial charge is 0.339 e. The third-order valence-corrected chi connectivity index (χ3v) is 1.91. The van der Waals surface area contributed by atoms with Crippen LogP contribution in [0, 0.1) is 6.92 Å². The maximum absolute atomic E-state index is 11.3. The molecule has 1 aromatic carbocycles. The molecule has 0 saturated carbocycles. The van der Waals surface area contributed by atoms with E-state index >= 15 is 0 Å². The van der Waals surface area contributed by atoms with Crippen LogP contribution < -0.4 is 5.43 Å². The maximum atomic E-state index is 11.3. The van der Waals surface area contributed by atoms with Gasteiger partial charge in [0, 0.05) is 23.2 Å². The maximum Gasteiger partial charge on any atom is 0.339 e. The van der Waals surface area contributed by atoms with Crippen molar-refractivity contribution < 1.29 is 4.57 Å². The molecule has 0 fully saturated rings. The van der Waals surface area contributed by atoms with Gasteiger partial charge < -0.3 is 4.98 Å². The van der Waals surface area contributed by atoms with E-state index < -0.39 is 5.20 Å². The molecular formula is C10H9Cl3NO2P. The number of aromatic nitrogens is 1. The Hall–Kier alpha value is -0.470. The lowest BCUT2D eigenvalue weighted by Crippen LogP contribution is -1.99. The number of aromatic amines is 1. The highest BCUT2D eigenvalue weighted by Gasteiger charge is 2.03. The number of halogens is 3. The third kappa shape index (κ3) is 5.60. The van der Waals surface area contributed by atoms with E-state index in [0.29, 0.717) is 0 Å². The second-order valence-corrected chi connectivity index (χ2v) is 9.93. The largest absolute Gasteiger partial charge is 0.361 e. The van der Waals surface area contributed by atoms with Crippen LogP contribution in [0.1, 0.15) is 5.56 Å². The van der Waals surface area contributed by atoms with E-state index in [1.54, 1.807) is 6.20 Å². The highest BCUT2D eigenvalue weighted by Crippen LogP contribution is 2.61. The lowest BCUT2D eigenvalue weighted by Gasteiger charge is -1.96. The van der Waals surface area contributed by atoms with E-state index in [-0.39, 0.29) is 5.43 Å². The minimum absolute atomic E-state index is 0.0729. The van der Waals surface area contributed by atoms with Gasteiger partial charge in [0.2, 0.25) is 0 Å². The molecule has 0 amide bonds. The summed E-state index contributed by atoms with van der Waals surface area (Å²) in [5.74, 6) is 0. The van der Waals surface area contributed by atoms with Gasteiger partial charge in [-0.1, -0.05) is 6.07 Å². The third-order valence-electron chi connectivity index (χ3n) is 1.91. The fourth-order valence-corrected chi connectivity index (χ4v) is 1.29. The summed E-state index contributed by atoms with van der Waals surface area (Å²) in [7, 11) is 0. The number of H-pyrrole nitrogens is 1. The Bertz CT molecular complexity index is 612. The van der Waals surface area contributed by atoms with Crippen molar-refractivity contribution in [2.45, 2.75) is 6.92 Å². The van der Waals surface area contributed by atoms with Crippen molar-refractivity contribution in [3.05, 3.63) is 46.2 Å². The Morgan fingerprint density at radius 3 is 2.35 bits per heavy atom. The standard InChI is InChI=1S/C10H9NO.Cl3OP/c1-7-2-3-8-9(6-7)11-5-4-10(8)12;1-5(2,3)4/h2-6H,1H3,(H,11,12);. The van der Waals surface area contributed by atoms with E-state index in [2.05, 4.69) is 38.7 Å². The normalized spacial score (nSPS) is 10.8. The lowest BCUT2D eigenvalue weighted by molar-refractivity contribution is 0.600. The Morgan fingerprint density at radius 2 is 1.76 bits per heavy atom. The van der Waals surface area contributed by atoms with Crippen molar-refractivity contribution in [3.63, 3.8) is 0 Å². The molecule has 1 heterocycles. The summed E-state index contributed by atoms with van der Waals surface area (Å²) in [6.45, 7) is 2.00. The fraction of sp³-hybridized carbons (Fsp3) is 0.100. The van der Waals surface area contributed by atoms with Crippen LogP contribution in [0.25, 0.3) is 10.9 Å². The van der Waals surface area contributed by atoms with E-state index in [1.165, 1.54) is 6.07 Å². The van der Waals surface area contributed by atoms with Gasteiger partial charge in [-0.2, -0.15) is 0 Å². The van der Waals surface area contributed by atoms with Crippen LogP contribution in [0.4, 0.5) is 0 Å². The van der Waals surface area contributed by atoms with Gasteiger partial charge in [0.25, 0.3) is 0 Å². The Balaban J connectivity index is 0.000000249. The number of aryl methyl sites for hydroxylation is 1. The molecule has 0 atom stereocenters. The Labute approximate surface area is 112 Å². The molecule has 0 aliphatic carbocycles. The zero-order chi connectivity index (χ0) is 13.1. The SMILES string of the molecule is Cc1ccc2c(=O)cc[nH]c2c1.O=P(Cl)(Cl)Cl. The van der Waals surface area contributed by atoms with Crippen LogP contribution in [0.15, 0.2) is 35.3 Å². The molecular weight excluding hydrogens is 303 g/mol. The Morgan fingerprint density at radius 1 is 1.18 bits per heavy atom. The first-order chi connectivity index (χ1) is 7.77. The van der Waals surface area contributed by atoms with Crippen molar-refractivity contribution in [3.8, 4) is 0 Å². The number of pyridine rings is 1. The van der Waals surface area contributed by atoms with E-state index in [4.69, 9.17) is 0 Å². The van der Waals surface area contributed by atoms with E-state index in [1.807, 2.05) is 25.1 Å². The number of rotatable bonds is 0. The molecule has 2 rings (SSSR count). The summed E-state index contributed by atoms with van der Waals surface area (Å²) in [5, 5.41) is -2.47. The van der Waals surface area contributed by atoms with Crippen LogP contribution in [-0.2, 0) is 4.57 Å². The van der Waals surface area contributed by atoms with E-state index in [0.717, 1.165) is 16.5 Å². The van der Waals surface area contributed by atoms with Crippen LogP contribution in [0.5, 0.6) is 0 Å². The molecule has 1 N–H and O–H groups in total. The van der Waals surface area contributed by atoms with Crippen LogP contribution in [0.2, 0.25) is 0 Å². The van der Waals surface area contributed by atoms with Crippen molar-refractivity contribution in [1.82, 2.24) is 4.98 Å². The highest BCUT2D eigenvalue weighted by molar-refractivity contribution is 8.24. The predicted molar refractivity (Wildman–Crippen MR) is 74.5 cm³/mol. The van der Waals surface area contributed by atoms with Gasteiger partial charge in [-0.15, -0.1) is 0 Å². The van der Waals surface area contributed by atoms with Crippen LogP contribution >= 0.6 is 38.9 Å². The minimum atomic E-state index is -3.22. The minimum Gasteiger partial charge on any atom is -0.361 e. The van der Waals surface area contributed by atoms with Gasteiger partial charge in [0.1, 0.15) is 0 Å². The number of fused-ring (bicyclic) bond motifs is 1. The highest BCUT2D eigenvalue weighted by atomic mass is 36.0. The molecule has 92 valence electrons. The molecule has 0 spiro atoms. The number of nitrogens with one attached hydrogen (secondary N) is 1. The van der Waals surface area contributed by atoms with Gasteiger partial charge in [-0.05, 0) is 58.3 Å². The Kier molecular flexibility index (Phi) is 5.08. The van der Waals surface area contributed by atoms with Crippen molar-refractivity contribution in [1.29, 1.82) is 0 Å². The molecule has 3 nitrogen and oxygen atoms in total. The number of hydrogen-bond donors (Lipinski definition) is 1. The van der Waals surface area contributed by atoms with Gasteiger partial charge in [-0.3, -0.25) is 9.36 Å². The molecule has 0 radical (unpaired) electrons. The second-order valence-electron chi connectivity index (χ2n) is 3.29. The van der Waals surface area contributed by atoms with Crippen molar-refractivity contribution in [2.75, 3.05) is 0 Å². The molecule has 0 aliphatic rings. The molecule has 1 aromatic heterocycles. The quantitative estimate of drug-likeness (QED) is 0.720. The predicted octanol–water partition coefficient (Wildman–Crippen LogP) is 4.65. The summed E-state index contributed by atoms with van der Waals surface area (Å²) in [5.41, 5.74) is 2.13. The average molecular weight is 313 g/mol. The molecule has 7 heteroatoms. The van der Waals surface area contributed by atoms with Gasteiger partial charge in [-0.25, -0.2) is 0 Å². The monoisotopic (exact) mass is 311 g/mol. The molecule has 0 aliphatic heterocycles. The summed E-state index contributed by atoms with van der Waals surface area (Å²) in [6.07, 6.45) is 1.67. The summed E-state index contributed by atoms with van der Waals surface area (Å²) < 4.78 is 9.51. The van der Waals surface area contributed by atoms with Crippen molar-refractivity contribution >= 4 is 49.8 Å². The van der Waals surface area contributed by atoms with E-state index in [9.17, 15) is 9.36 Å². The second kappa shape index (κ2) is 5.92. The van der Waals surface area contributed by atoms with Crippen molar-refractivity contribution in [2.24, 2.45) is 0 Å². The first-order valence-corrected chi connectivity index (χ1v) is 8.96. The summed E-state index contributed by atoms with van der Waals surface area (Å²) in [6, 6.07) is 7.30. The molecule has 0 saturated heterocycles. The first kappa shape index (κ1) is 14.6. The fourth-order valence-electron chi connectivity index (χ4n) is 1.29. The molecule has 0 unspecified atom stereocenters. The van der Waals surface area contributed by atoms with Gasteiger partial charge in [0.05, 0.1) is 0 Å². The number of benzene rings is 1. The van der Waals surface area contributed by atoms with Crippen LogP contribution in [0.3, 0.4) is 0 Å².